The van der Waals surface area contributed by atoms with Gasteiger partial charge in [-0.1, -0.05) is 0 Å². The Morgan fingerprint density at radius 3 is 2.00 bits per heavy atom. The molecule has 0 atom stereocenters. The summed E-state index contributed by atoms with van der Waals surface area (Å²) in [6.07, 6.45) is -0.0801. The summed E-state index contributed by atoms with van der Waals surface area (Å²) in [5, 5.41) is 2.41. The molecule has 1 aromatic carbocycles. The highest BCUT2D eigenvalue weighted by molar-refractivity contribution is 5.69. The number of carbonyl (C=O) groups excluding carboxylic acids is 1. The van der Waals surface area contributed by atoms with Gasteiger partial charge in [0.2, 0.25) is 5.82 Å². The maximum Gasteiger partial charge on any atom is 0.307 e. The molecule has 0 amide bonds. The van der Waals surface area contributed by atoms with Crippen molar-refractivity contribution in [3.63, 3.8) is 0 Å². The van der Waals surface area contributed by atoms with Crippen molar-refractivity contribution in [2.45, 2.75) is 19.9 Å². The summed E-state index contributed by atoms with van der Waals surface area (Å²) < 4.78 is 69.6. The molecular formula is C12H12F5NO2. The highest BCUT2D eigenvalue weighted by atomic mass is 19.2. The van der Waals surface area contributed by atoms with E-state index in [2.05, 4.69) is 10.1 Å². The fraction of sp³-hybridized carbons (Fsp3) is 0.417. The first kappa shape index (κ1) is 16.4. The van der Waals surface area contributed by atoms with Crippen LogP contribution in [0, 0.1) is 29.1 Å². The lowest BCUT2D eigenvalue weighted by atomic mass is 10.1. The number of rotatable bonds is 6. The second kappa shape index (κ2) is 7.18. The third-order valence-electron chi connectivity index (χ3n) is 2.41. The van der Waals surface area contributed by atoms with E-state index in [9.17, 15) is 26.7 Å². The maximum atomic E-state index is 13.3. The van der Waals surface area contributed by atoms with Gasteiger partial charge in [-0.3, -0.25) is 4.79 Å². The quantitative estimate of drug-likeness (QED) is 0.288. The first-order valence-electron chi connectivity index (χ1n) is 5.76. The van der Waals surface area contributed by atoms with Crippen molar-refractivity contribution in [3.8, 4) is 0 Å². The highest BCUT2D eigenvalue weighted by Gasteiger charge is 2.25. The molecule has 0 bridgehead atoms. The van der Waals surface area contributed by atoms with Crippen molar-refractivity contribution < 1.29 is 31.5 Å². The highest BCUT2D eigenvalue weighted by Crippen LogP contribution is 2.22. The Labute approximate surface area is 111 Å². The van der Waals surface area contributed by atoms with Gasteiger partial charge in [0, 0.05) is 18.7 Å². The summed E-state index contributed by atoms with van der Waals surface area (Å²) >= 11 is 0. The third kappa shape index (κ3) is 3.66. The first-order chi connectivity index (χ1) is 9.40. The van der Waals surface area contributed by atoms with Crippen LogP contribution in [0.15, 0.2) is 0 Å². The Hall–Kier alpha value is -1.70. The van der Waals surface area contributed by atoms with Gasteiger partial charge >= 0.3 is 5.97 Å². The minimum Gasteiger partial charge on any atom is -0.466 e. The fourth-order valence-electron chi connectivity index (χ4n) is 1.44. The Morgan fingerprint density at radius 2 is 1.50 bits per heavy atom. The van der Waals surface area contributed by atoms with E-state index in [1.165, 1.54) is 0 Å². The van der Waals surface area contributed by atoms with E-state index in [4.69, 9.17) is 0 Å². The van der Waals surface area contributed by atoms with Gasteiger partial charge in [0.25, 0.3) is 0 Å². The second-order valence-corrected chi connectivity index (χ2v) is 3.78. The molecule has 0 spiro atoms. The van der Waals surface area contributed by atoms with Crippen molar-refractivity contribution in [2.24, 2.45) is 0 Å². The van der Waals surface area contributed by atoms with Gasteiger partial charge in [0.05, 0.1) is 13.0 Å². The van der Waals surface area contributed by atoms with E-state index in [0.717, 1.165) is 0 Å². The molecule has 0 aliphatic rings. The molecule has 0 aliphatic carbocycles. The monoisotopic (exact) mass is 297 g/mol. The van der Waals surface area contributed by atoms with Gasteiger partial charge in [-0.15, -0.1) is 0 Å². The van der Waals surface area contributed by atoms with E-state index >= 15 is 0 Å². The predicted molar refractivity (Wildman–Crippen MR) is 59.2 cm³/mol. The lowest BCUT2D eigenvalue weighted by Crippen LogP contribution is -2.21. The third-order valence-corrected chi connectivity index (χ3v) is 2.41. The lowest BCUT2D eigenvalue weighted by molar-refractivity contribution is -0.142. The van der Waals surface area contributed by atoms with Crippen LogP contribution in [-0.4, -0.2) is 19.1 Å². The molecule has 0 aromatic heterocycles. The van der Waals surface area contributed by atoms with Crippen molar-refractivity contribution in [2.75, 3.05) is 13.2 Å². The number of halogens is 5. The molecule has 1 N–H and O–H groups in total. The average molecular weight is 297 g/mol. The number of esters is 1. The van der Waals surface area contributed by atoms with E-state index in [0.29, 0.717) is 0 Å². The first-order valence-corrected chi connectivity index (χ1v) is 5.76. The lowest BCUT2D eigenvalue weighted by Gasteiger charge is -2.09. The van der Waals surface area contributed by atoms with Crippen LogP contribution < -0.4 is 5.32 Å². The maximum absolute atomic E-state index is 13.3. The summed E-state index contributed by atoms with van der Waals surface area (Å²) in [6.45, 7) is 1.19. The Bertz CT molecular complexity index is 478. The number of ether oxygens (including phenoxy) is 1. The standard InChI is InChI=1S/C12H12F5NO2/c1-2-20-7(19)3-4-18-5-6-8(13)10(15)12(17)11(16)9(6)14/h18H,2-5H2,1H3. The number of carbonyl (C=O) groups is 1. The van der Waals surface area contributed by atoms with Crippen LogP contribution >= 0.6 is 0 Å². The number of hydrogen-bond donors (Lipinski definition) is 1. The van der Waals surface area contributed by atoms with Crippen LogP contribution in [0.3, 0.4) is 0 Å². The summed E-state index contributed by atoms with van der Waals surface area (Å²) in [6, 6.07) is 0. The number of nitrogens with one attached hydrogen (secondary N) is 1. The molecular weight excluding hydrogens is 285 g/mol. The summed E-state index contributed by atoms with van der Waals surface area (Å²) in [4.78, 5) is 11.0. The van der Waals surface area contributed by atoms with Crippen LogP contribution in [0.5, 0.6) is 0 Å². The van der Waals surface area contributed by atoms with Gasteiger partial charge in [-0.05, 0) is 6.92 Å². The Morgan fingerprint density at radius 1 is 1.00 bits per heavy atom. The molecule has 0 saturated carbocycles. The number of hydrogen-bond acceptors (Lipinski definition) is 3. The molecule has 3 nitrogen and oxygen atoms in total. The minimum atomic E-state index is -2.20. The molecule has 1 rings (SSSR count). The second-order valence-electron chi connectivity index (χ2n) is 3.78. The normalized spacial score (nSPS) is 10.7. The van der Waals surface area contributed by atoms with E-state index in [-0.39, 0.29) is 19.6 Å². The summed E-state index contributed by atoms with van der Waals surface area (Å²) in [7, 11) is 0. The Balaban J connectivity index is 2.67. The van der Waals surface area contributed by atoms with Crippen LogP contribution in [0.2, 0.25) is 0 Å². The molecule has 1 aromatic rings. The molecule has 0 aliphatic heterocycles. The van der Waals surface area contributed by atoms with Gasteiger partial charge in [-0.2, -0.15) is 0 Å². The van der Waals surface area contributed by atoms with Crippen LogP contribution in [0.4, 0.5) is 22.0 Å². The molecule has 20 heavy (non-hydrogen) atoms. The molecule has 0 unspecified atom stereocenters. The van der Waals surface area contributed by atoms with Gasteiger partial charge in [0.1, 0.15) is 0 Å². The predicted octanol–water partition coefficient (Wildman–Crippen LogP) is 2.42. The average Bonchev–Trinajstić information content (AvgIpc) is 2.42. The van der Waals surface area contributed by atoms with Gasteiger partial charge < -0.3 is 10.1 Å². The summed E-state index contributed by atoms with van der Waals surface area (Å²) in [5.74, 6) is -10.5. The molecule has 0 saturated heterocycles. The van der Waals surface area contributed by atoms with Crippen molar-refractivity contribution in [3.05, 3.63) is 34.6 Å². The van der Waals surface area contributed by atoms with E-state index in [1.54, 1.807) is 6.92 Å². The molecule has 0 radical (unpaired) electrons. The zero-order chi connectivity index (χ0) is 15.3. The smallest absolute Gasteiger partial charge is 0.307 e. The van der Waals surface area contributed by atoms with Gasteiger partial charge in [0.15, 0.2) is 23.3 Å². The van der Waals surface area contributed by atoms with Crippen LogP contribution in [-0.2, 0) is 16.1 Å². The summed E-state index contributed by atoms with van der Waals surface area (Å²) in [5.41, 5.74) is -0.967. The zero-order valence-corrected chi connectivity index (χ0v) is 10.5. The molecule has 0 fully saturated rings. The van der Waals surface area contributed by atoms with Gasteiger partial charge in [-0.25, -0.2) is 22.0 Å². The van der Waals surface area contributed by atoms with Crippen LogP contribution in [0.25, 0.3) is 0 Å². The number of benzene rings is 1. The van der Waals surface area contributed by atoms with Crippen molar-refractivity contribution >= 4 is 5.97 Å². The van der Waals surface area contributed by atoms with Crippen molar-refractivity contribution in [1.82, 2.24) is 5.32 Å². The molecule has 0 heterocycles. The molecule has 112 valence electrons. The van der Waals surface area contributed by atoms with Crippen molar-refractivity contribution in [1.29, 1.82) is 0 Å². The zero-order valence-electron chi connectivity index (χ0n) is 10.5. The van der Waals surface area contributed by atoms with E-state index in [1.807, 2.05) is 0 Å². The van der Waals surface area contributed by atoms with E-state index < -0.39 is 47.2 Å². The fourth-order valence-corrected chi connectivity index (χ4v) is 1.44. The SMILES string of the molecule is CCOC(=O)CCNCc1c(F)c(F)c(F)c(F)c1F. The minimum absolute atomic E-state index is 0.0155. The topological polar surface area (TPSA) is 38.3 Å². The Kier molecular flexibility index (Phi) is 5.87. The largest absolute Gasteiger partial charge is 0.466 e. The molecule has 8 heteroatoms. The van der Waals surface area contributed by atoms with Crippen LogP contribution in [0.1, 0.15) is 18.9 Å².